The highest BCUT2D eigenvalue weighted by Gasteiger charge is 2.16. The summed E-state index contributed by atoms with van der Waals surface area (Å²) in [7, 11) is 1.55. The molecule has 0 aliphatic carbocycles. The molecule has 1 heterocycles. The van der Waals surface area contributed by atoms with E-state index in [-0.39, 0.29) is 5.82 Å². The van der Waals surface area contributed by atoms with Crippen LogP contribution < -0.4 is 10.5 Å². The number of hydrogen-bond donors (Lipinski definition) is 1. The summed E-state index contributed by atoms with van der Waals surface area (Å²) < 4.78 is 19.0. The highest BCUT2D eigenvalue weighted by Crippen LogP contribution is 2.18. The monoisotopic (exact) mass is 295 g/mol. The predicted molar refractivity (Wildman–Crippen MR) is 83.0 cm³/mol. The zero-order valence-electron chi connectivity index (χ0n) is 12.9. The van der Waals surface area contributed by atoms with E-state index in [4.69, 9.17) is 10.5 Å². The first kappa shape index (κ1) is 16.2. The Morgan fingerprint density at radius 2 is 1.95 bits per heavy atom. The van der Waals surface area contributed by atoms with Crippen LogP contribution in [0.1, 0.15) is 18.4 Å². The third-order valence-corrected chi connectivity index (χ3v) is 4.01. The molecule has 21 heavy (non-hydrogen) atoms. The van der Waals surface area contributed by atoms with Gasteiger partial charge in [-0.15, -0.1) is 0 Å². The summed E-state index contributed by atoms with van der Waals surface area (Å²) in [5.74, 6) is 0.388. The van der Waals surface area contributed by atoms with Crippen LogP contribution in [0, 0.1) is 5.82 Å². The van der Waals surface area contributed by atoms with Gasteiger partial charge in [0, 0.05) is 31.3 Å². The molecule has 1 aromatic carbocycles. The van der Waals surface area contributed by atoms with Gasteiger partial charge in [-0.3, -0.25) is 4.90 Å². The minimum Gasteiger partial charge on any atom is -0.497 e. The topological polar surface area (TPSA) is 41.7 Å². The van der Waals surface area contributed by atoms with Crippen LogP contribution in [-0.4, -0.2) is 56.2 Å². The Labute approximate surface area is 126 Å². The molecule has 0 bridgehead atoms. The van der Waals surface area contributed by atoms with Crippen molar-refractivity contribution in [2.24, 2.45) is 5.73 Å². The Balaban J connectivity index is 1.88. The van der Waals surface area contributed by atoms with E-state index in [0.29, 0.717) is 12.3 Å². The number of hydrogen-bond acceptors (Lipinski definition) is 4. The molecule has 0 unspecified atom stereocenters. The molecule has 0 spiro atoms. The second-order valence-corrected chi connectivity index (χ2v) is 5.57. The second kappa shape index (κ2) is 8.32. The van der Waals surface area contributed by atoms with Crippen LogP contribution in [0.2, 0.25) is 0 Å². The van der Waals surface area contributed by atoms with Crippen LogP contribution in [0.15, 0.2) is 18.2 Å². The highest BCUT2D eigenvalue weighted by molar-refractivity contribution is 5.28. The second-order valence-electron chi connectivity index (χ2n) is 5.57. The lowest BCUT2D eigenvalue weighted by molar-refractivity contribution is 0.248. The Kier molecular flexibility index (Phi) is 6.42. The van der Waals surface area contributed by atoms with Gasteiger partial charge in [0.25, 0.3) is 0 Å². The van der Waals surface area contributed by atoms with Crippen molar-refractivity contribution >= 4 is 0 Å². The first-order valence-electron chi connectivity index (χ1n) is 7.70. The number of rotatable bonds is 6. The van der Waals surface area contributed by atoms with Gasteiger partial charge in [0.1, 0.15) is 11.6 Å². The van der Waals surface area contributed by atoms with Crippen molar-refractivity contribution in [3.05, 3.63) is 29.6 Å². The van der Waals surface area contributed by atoms with Gasteiger partial charge >= 0.3 is 0 Å². The van der Waals surface area contributed by atoms with E-state index in [1.165, 1.54) is 6.07 Å². The number of benzene rings is 1. The number of halogens is 1. The van der Waals surface area contributed by atoms with Crippen molar-refractivity contribution in [2.75, 3.05) is 46.4 Å². The summed E-state index contributed by atoms with van der Waals surface area (Å²) in [6.07, 6.45) is 2.18. The molecule has 1 saturated heterocycles. The molecular weight excluding hydrogens is 269 g/mol. The zero-order valence-corrected chi connectivity index (χ0v) is 12.9. The van der Waals surface area contributed by atoms with Crippen molar-refractivity contribution in [1.29, 1.82) is 0 Å². The van der Waals surface area contributed by atoms with Crippen molar-refractivity contribution in [3.63, 3.8) is 0 Å². The molecule has 0 atom stereocenters. The minimum absolute atomic E-state index is 0.182. The van der Waals surface area contributed by atoms with E-state index in [2.05, 4.69) is 9.80 Å². The fourth-order valence-corrected chi connectivity index (χ4v) is 2.75. The quantitative estimate of drug-likeness (QED) is 0.867. The third kappa shape index (κ3) is 4.95. The van der Waals surface area contributed by atoms with E-state index in [1.54, 1.807) is 7.11 Å². The molecule has 0 amide bonds. The molecule has 0 saturated carbocycles. The van der Waals surface area contributed by atoms with Gasteiger partial charge in [-0.2, -0.15) is 0 Å². The first-order valence-corrected chi connectivity index (χ1v) is 7.70. The molecular formula is C16H26FN3O. The molecule has 118 valence electrons. The van der Waals surface area contributed by atoms with Gasteiger partial charge in [0.15, 0.2) is 0 Å². The maximum Gasteiger partial charge on any atom is 0.131 e. The summed E-state index contributed by atoms with van der Waals surface area (Å²) in [6.45, 7) is 6.64. The molecule has 1 aromatic rings. The van der Waals surface area contributed by atoms with Crippen LogP contribution >= 0.6 is 0 Å². The molecule has 0 radical (unpaired) electrons. The smallest absolute Gasteiger partial charge is 0.131 e. The van der Waals surface area contributed by atoms with Crippen LogP contribution in [0.25, 0.3) is 0 Å². The molecule has 1 fully saturated rings. The Morgan fingerprint density at radius 3 is 2.67 bits per heavy atom. The summed E-state index contributed by atoms with van der Waals surface area (Å²) in [5.41, 5.74) is 6.31. The molecule has 0 aromatic heterocycles. The summed E-state index contributed by atoms with van der Waals surface area (Å²) in [4.78, 5) is 4.78. The van der Waals surface area contributed by atoms with Gasteiger partial charge in [-0.1, -0.05) is 6.07 Å². The normalized spacial score (nSPS) is 17.7. The van der Waals surface area contributed by atoms with Crippen molar-refractivity contribution < 1.29 is 9.13 Å². The van der Waals surface area contributed by atoms with Crippen molar-refractivity contribution in [3.8, 4) is 5.75 Å². The fourth-order valence-electron chi connectivity index (χ4n) is 2.75. The molecule has 5 heteroatoms. The number of nitrogens with two attached hydrogens (primary N) is 1. The van der Waals surface area contributed by atoms with Crippen molar-refractivity contribution in [2.45, 2.75) is 19.4 Å². The molecule has 1 aliphatic rings. The fraction of sp³-hybridized carbons (Fsp3) is 0.625. The predicted octanol–water partition coefficient (Wildman–Crippen LogP) is 1.69. The Hall–Kier alpha value is -1.17. The van der Waals surface area contributed by atoms with Gasteiger partial charge in [-0.25, -0.2) is 4.39 Å². The molecule has 1 aliphatic heterocycles. The van der Waals surface area contributed by atoms with E-state index in [0.717, 1.165) is 57.7 Å². The van der Waals surface area contributed by atoms with Gasteiger partial charge in [-0.05, 0) is 45.1 Å². The standard InChI is InChI=1S/C16H26FN3O/c1-21-15-5-4-14(16(17)12-15)13-20-9-3-8-19(10-11-20)7-2-6-18/h4-5,12H,2-3,6-11,13,18H2,1H3. The van der Waals surface area contributed by atoms with Crippen LogP contribution in [0.4, 0.5) is 4.39 Å². The Bertz CT molecular complexity index is 442. The average Bonchev–Trinajstić information content (AvgIpc) is 2.72. The maximum atomic E-state index is 14.0. The lowest BCUT2D eigenvalue weighted by atomic mass is 10.2. The number of methoxy groups -OCH3 is 1. The lowest BCUT2D eigenvalue weighted by Crippen LogP contribution is -2.32. The maximum absolute atomic E-state index is 14.0. The SMILES string of the molecule is COc1ccc(CN2CCCN(CCCN)CC2)c(F)c1. The van der Waals surface area contributed by atoms with E-state index < -0.39 is 0 Å². The van der Waals surface area contributed by atoms with Crippen LogP contribution in [0.3, 0.4) is 0 Å². The summed E-state index contributed by atoms with van der Waals surface area (Å²) in [5, 5.41) is 0. The lowest BCUT2D eigenvalue weighted by Gasteiger charge is -2.22. The first-order chi connectivity index (χ1) is 10.2. The van der Waals surface area contributed by atoms with Gasteiger partial charge in [0.2, 0.25) is 0 Å². The van der Waals surface area contributed by atoms with Crippen molar-refractivity contribution in [1.82, 2.24) is 9.80 Å². The van der Waals surface area contributed by atoms with E-state index >= 15 is 0 Å². The summed E-state index contributed by atoms with van der Waals surface area (Å²) in [6, 6.07) is 5.11. The third-order valence-electron chi connectivity index (χ3n) is 4.01. The average molecular weight is 295 g/mol. The highest BCUT2D eigenvalue weighted by atomic mass is 19.1. The number of ether oxygens (including phenoxy) is 1. The largest absolute Gasteiger partial charge is 0.497 e. The Morgan fingerprint density at radius 1 is 1.19 bits per heavy atom. The van der Waals surface area contributed by atoms with Gasteiger partial charge < -0.3 is 15.4 Å². The van der Waals surface area contributed by atoms with Crippen LogP contribution in [-0.2, 0) is 6.54 Å². The summed E-state index contributed by atoms with van der Waals surface area (Å²) >= 11 is 0. The van der Waals surface area contributed by atoms with E-state index in [9.17, 15) is 4.39 Å². The molecule has 2 rings (SSSR count). The molecule has 4 nitrogen and oxygen atoms in total. The van der Waals surface area contributed by atoms with Gasteiger partial charge in [0.05, 0.1) is 7.11 Å². The van der Waals surface area contributed by atoms with E-state index in [1.807, 2.05) is 12.1 Å². The van der Waals surface area contributed by atoms with Crippen LogP contribution in [0.5, 0.6) is 5.75 Å². The zero-order chi connectivity index (χ0) is 15.1. The number of nitrogens with zero attached hydrogens (tertiary/aromatic N) is 2. The minimum atomic E-state index is -0.182. The molecule has 2 N–H and O–H groups in total.